The van der Waals surface area contributed by atoms with Crippen LogP contribution < -0.4 is 5.73 Å². The minimum atomic E-state index is -4.02. The Balaban J connectivity index is 3.71. The van der Waals surface area contributed by atoms with Crippen LogP contribution in [0.2, 0.25) is 0 Å². The summed E-state index contributed by atoms with van der Waals surface area (Å²) in [5.74, 6) is -1.69. The fourth-order valence-corrected chi connectivity index (χ4v) is 3.32. The Morgan fingerprint density at radius 3 is 1.93 bits per heavy atom. The Bertz CT molecular complexity index is 526. The molecule has 0 aromatic rings. The number of nitrogens with zero attached hydrogens (tertiary/aromatic N) is 1. The number of carbonyl (C=O) groups excluding carboxylic acids is 2. The van der Waals surface area contributed by atoms with E-state index in [4.69, 9.17) is 24.5 Å². The molecule has 0 fully saturated rings. The predicted molar refractivity (Wildman–Crippen MR) is 102 cm³/mol. The maximum Gasteiger partial charge on any atom is 0.319 e. The van der Waals surface area contributed by atoms with Gasteiger partial charge in [0.2, 0.25) is 11.8 Å². The van der Waals surface area contributed by atoms with Crippen LogP contribution in [-0.4, -0.2) is 88.2 Å². The molecule has 0 heterocycles. The lowest BCUT2D eigenvalue weighted by atomic mass is 10.0. The Labute approximate surface area is 164 Å². The van der Waals surface area contributed by atoms with Gasteiger partial charge in [0.1, 0.15) is 5.92 Å². The summed E-state index contributed by atoms with van der Waals surface area (Å²) in [6.45, 7) is 6.31. The molecule has 27 heavy (non-hydrogen) atoms. The first-order chi connectivity index (χ1) is 12.7. The van der Waals surface area contributed by atoms with Gasteiger partial charge in [0.25, 0.3) is 0 Å². The Morgan fingerprint density at radius 1 is 1.00 bits per heavy atom. The van der Waals surface area contributed by atoms with Gasteiger partial charge in [-0.15, -0.1) is 0 Å². The lowest BCUT2D eigenvalue weighted by Crippen LogP contribution is -2.42. The van der Waals surface area contributed by atoms with Gasteiger partial charge in [-0.1, -0.05) is 0 Å². The van der Waals surface area contributed by atoms with Gasteiger partial charge >= 0.3 is 9.15 Å². The molecule has 1 atom stereocenters. The van der Waals surface area contributed by atoms with E-state index in [2.05, 4.69) is 0 Å². The number of hydrogen-bond donors (Lipinski definition) is 2. The van der Waals surface area contributed by atoms with Crippen molar-refractivity contribution in [2.24, 2.45) is 11.7 Å². The predicted octanol–water partition coefficient (Wildman–Crippen LogP) is -0.0678. The van der Waals surface area contributed by atoms with Crippen LogP contribution in [0.1, 0.15) is 20.3 Å². The van der Waals surface area contributed by atoms with Crippen molar-refractivity contribution in [3.63, 3.8) is 0 Å². The van der Waals surface area contributed by atoms with Gasteiger partial charge < -0.3 is 24.8 Å². The van der Waals surface area contributed by atoms with E-state index in [0.717, 1.165) is 0 Å². The second-order valence-corrected chi connectivity index (χ2v) is 8.81. The Morgan fingerprint density at radius 2 is 1.48 bits per heavy atom. The highest BCUT2D eigenvalue weighted by Crippen LogP contribution is 2.09. The summed E-state index contributed by atoms with van der Waals surface area (Å²) >= 11 is 0. The summed E-state index contributed by atoms with van der Waals surface area (Å²) in [4.78, 5) is 25.2. The van der Waals surface area contributed by atoms with Gasteiger partial charge in [-0.25, -0.2) is 0 Å². The van der Waals surface area contributed by atoms with E-state index in [1.807, 2.05) is 13.8 Å². The first-order valence-electron chi connectivity index (χ1n) is 8.66. The van der Waals surface area contributed by atoms with Gasteiger partial charge in [0.05, 0.1) is 33.0 Å². The highest BCUT2D eigenvalue weighted by molar-refractivity contribution is 8.69. The summed E-state index contributed by atoms with van der Waals surface area (Å²) < 4.78 is 45.1. The molecule has 12 heteroatoms. The van der Waals surface area contributed by atoms with E-state index in [1.165, 1.54) is 0 Å². The topological polar surface area (TPSA) is 145 Å². The van der Waals surface area contributed by atoms with Crippen LogP contribution in [0.25, 0.3) is 0 Å². The molecule has 0 spiro atoms. The molecule has 10 nitrogen and oxygen atoms in total. The SMILES string of the molecule is CCN(CC)C(=O)C(CCOCCOCCOCCSS(=O)(=O)O)C(N)=O. The number of rotatable bonds is 17. The summed E-state index contributed by atoms with van der Waals surface area (Å²) in [6, 6.07) is 0. The van der Waals surface area contributed by atoms with Crippen LogP contribution in [0.3, 0.4) is 0 Å². The van der Waals surface area contributed by atoms with E-state index in [0.29, 0.717) is 43.7 Å². The van der Waals surface area contributed by atoms with Crippen LogP contribution >= 0.6 is 10.8 Å². The molecule has 1 unspecified atom stereocenters. The minimum absolute atomic E-state index is 0.134. The van der Waals surface area contributed by atoms with E-state index >= 15 is 0 Å². The molecule has 0 aromatic heterocycles. The van der Waals surface area contributed by atoms with Gasteiger partial charge in [-0.3, -0.25) is 14.1 Å². The van der Waals surface area contributed by atoms with Crippen molar-refractivity contribution in [2.45, 2.75) is 20.3 Å². The largest absolute Gasteiger partial charge is 0.379 e. The van der Waals surface area contributed by atoms with Gasteiger partial charge in [-0.2, -0.15) is 8.42 Å². The average molecular weight is 431 g/mol. The Hall–Kier alpha value is -0.920. The van der Waals surface area contributed by atoms with Crippen molar-refractivity contribution < 1.29 is 36.8 Å². The van der Waals surface area contributed by atoms with Crippen molar-refractivity contribution in [1.82, 2.24) is 4.90 Å². The summed E-state index contributed by atoms with van der Waals surface area (Å²) in [6.07, 6.45) is 0.221. The molecular weight excluding hydrogens is 400 g/mol. The molecule has 0 aliphatic heterocycles. The zero-order valence-corrected chi connectivity index (χ0v) is 17.4. The number of hydrogen-bond acceptors (Lipinski definition) is 8. The standard InChI is InChI=1S/C15H30N2O8S2/c1-3-17(4-2)15(19)13(14(16)18)5-6-23-7-8-24-9-10-25-11-12-26-27(20,21)22/h13H,3-12H2,1-2H3,(H2,16,18)(H,20,21,22). The molecule has 0 rings (SSSR count). The molecule has 0 saturated heterocycles. The van der Waals surface area contributed by atoms with Crippen molar-refractivity contribution in [2.75, 3.05) is 58.5 Å². The summed E-state index contributed by atoms with van der Waals surface area (Å²) in [7, 11) is -3.62. The molecular formula is C15H30N2O8S2. The molecule has 0 aliphatic carbocycles. The average Bonchev–Trinajstić information content (AvgIpc) is 2.58. The fourth-order valence-electron chi connectivity index (χ4n) is 2.08. The second kappa shape index (κ2) is 15.1. The fraction of sp³-hybridized carbons (Fsp3) is 0.867. The number of nitrogens with two attached hydrogens (primary N) is 1. The van der Waals surface area contributed by atoms with Gasteiger partial charge in [0.15, 0.2) is 0 Å². The van der Waals surface area contributed by atoms with Crippen molar-refractivity contribution >= 4 is 31.8 Å². The highest BCUT2D eigenvalue weighted by Gasteiger charge is 2.27. The molecule has 0 saturated carbocycles. The lowest BCUT2D eigenvalue weighted by molar-refractivity contribution is -0.141. The van der Waals surface area contributed by atoms with E-state index < -0.39 is 21.0 Å². The number of carbonyl (C=O) groups is 2. The zero-order valence-electron chi connectivity index (χ0n) is 15.8. The lowest BCUT2D eigenvalue weighted by Gasteiger charge is -2.23. The monoisotopic (exact) mass is 430 g/mol. The second-order valence-electron chi connectivity index (χ2n) is 5.34. The van der Waals surface area contributed by atoms with Crippen LogP contribution in [0, 0.1) is 5.92 Å². The maximum absolute atomic E-state index is 12.2. The molecule has 160 valence electrons. The first kappa shape index (κ1) is 26.1. The summed E-state index contributed by atoms with van der Waals surface area (Å²) in [5, 5.41) is 0. The van der Waals surface area contributed by atoms with Gasteiger partial charge in [-0.05, 0) is 31.1 Å². The molecule has 0 aromatic carbocycles. The molecule has 0 radical (unpaired) electrons. The van der Waals surface area contributed by atoms with Crippen molar-refractivity contribution in [1.29, 1.82) is 0 Å². The van der Waals surface area contributed by atoms with E-state index in [9.17, 15) is 18.0 Å². The molecule has 0 bridgehead atoms. The van der Waals surface area contributed by atoms with Gasteiger partial charge in [0, 0.05) is 25.4 Å². The van der Waals surface area contributed by atoms with Crippen molar-refractivity contribution in [3.8, 4) is 0 Å². The number of ether oxygens (including phenoxy) is 3. The third kappa shape index (κ3) is 13.8. The quantitative estimate of drug-likeness (QED) is 0.140. The smallest absolute Gasteiger partial charge is 0.319 e. The molecule has 2 amide bonds. The zero-order chi connectivity index (χ0) is 20.7. The first-order valence-corrected chi connectivity index (χ1v) is 11.6. The van der Waals surface area contributed by atoms with Crippen LogP contribution in [0.4, 0.5) is 0 Å². The third-order valence-electron chi connectivity index (χ3n) is 3.47. The van der Waals surface area contributed by atoms with Crippen LogP contribution in [0.5, 0.6) is 0 Å². The summed E-state index contributed by atoms with van der Waals surface area (Å²) in [5.41, 5.74) is 5.31. The van der Waals surface area contributed by atoms with Crippen LogP contribution in [0.15, 0.2) is 0 Å². The normalized spacial score (nSPS) is 12.7. The third-order valence-corrected chi connectivity index (χ3v) is 5.50. The van der Waals surface area contributed by atoms with Crippen molar-refractivity contribution in [3.05, 3.63) is 0 Å². The minimum Gasteiger partial charge on any atom is -0.379 e. The van der Waals surface area contributed by atoms with Crippen LogP contribution in [-0.2, 0) is 32.9 Å². The van der Waals surface area contributed by atoms with E-state index in [-0.39, 0.29) is 37.9 Å². The highest BCUT2D eigenvalue weighted by atomic mass is 33.1. The Kier molecular flexibility index (Phi) is 14.5. The maximum atomic E-state index is 12.2. The molecule has 0 aliphatic rings. The van der Waals surface area contributed by atoms with E-state index in [1.54, 1.807) is 4.90 Å². The number of primary amides is 1. The number of amides is 2. The molecule has 3 N–H and O–H groups in total.